The van der Waals surface area contributed by atoms with Crippen LogP contribution in [0.3, 0.4) is 0 Å². The van der Waals surface area contributed by atoms with Crippen LogP contribution in [0.4, 0.5) is 0 Å². The van der Waals surface area contributed by atoms with E-state index in [0.717, 1.165) is 25.8 Å². The molecule has 0 radical (unpaired) electrons. The smallest absolute Gasteiger partial charge is 0.244 e. The largest absolute Gasteiger partial charge is 0.464 e. The van der Waals surface area contributed by atoms with Crippen LogP contribution in [0.5, 0.6) is 0 Å². The van der Waals surface area contributed by atoms with E-state index in [4.69, 9.17) is 4.42 Å². The number of furan rings is 1. The highest BCUT2D eigenvalue weighted by molar-refractivity contribution is 7.89. The zero-order valence-corrected chi connectivity index (χ0v) is 13.3. The molecule has 0 unspecified atom stereocenters. The van der Waals surface area contributed by atoms with E-state index in [-0.39, 0.29) is 10.3 Å². The molecule has 0 saturated heterocycles. The molecule has 1 fully saturated rings. The topological polar surface area (TPSA) is 71.3 Å². The van der Waals surface area contributed by atoms with Crippen molar-refractivity contribution in [1.82, 2.24) is 10.0 Å². The van der Waals surface area contributed by atoms with Gasteiger partial charge < -0.3 is 9.73 Å². The number of nitrogens with one attached hydrogen (secondary N) is 2. The van der Waals surface area contributed by atoms with Crippen molar-refractivity contribution in [3.05, 3.63) is 17.6 Å². The van der Waals surface area contributed by atoms with E-state index in [2.05, 4.69) is 23.9 Å². The lowest BCUT2D eigenvalue weighted by molar-refractivity contribution is 0.456. The fourth-order valence-corrected chi connectivity index (χ4v) is 3.40. The Morgan fingerprint density at radius 3 is 2.70 bits per heavy atom. The minimum absolute atomic E-state index is 0.149. The second kappa shape index (κ2) is 5.87. The van der Waals surface area contributed by atoms with E-state index in [0.29, 0.717) is 24.6 Å². The molecular weight excluding hydrogens is 276 g/mol. The summed E-state index contributed by atoms with van der Waals surface area (Å²) in [6.07, 6.45) is 3.21. The second-order valence-corrected chi connectivity index (χ2v) is 7.68. The molecule has 0 aromatic carbocycles. The van der Waals surface area contributed by atoms with Gasteiger partial charge in [-0.2, -0.15) is 0 Å². The zero-order chi connectivity index (χ0) is 14.8. The van der Waals surface area contributed by atoms with E-state index < -0.39 is 10.0 Å². The monoisotopic (exact) mass is 300 g/mol. The van der Waals surface area contributed by atoms with Gasteiger partial charge in [0.25, 0.3) is 0 Å². The molecule has 114 valence electrons. The molecule has 0 bridgehead atoms. The van der Waals surface area contributed by atoms with Gasteiger partial charge in [-0.1, -0.05) is 13.8 Å². The summed E-state index contributed by atoms with van der Waals surface area (Å²) in [5, 5.41) is 3.20. The molecule has 1 aliphatic rings. The maximum atomic E-state index is 12.3. The van der Waals surface area contributed by atoms with Crippen LogP contribution in [0.15, 0.2) is 15.4 Å². The zero-order valence-electron chi connectivity index (χ0n) is 12.5. The summed E-state index contributed by atoms with van der Waals surface area (Å²) in [7, 11) is -3.47. The summed E-state index contributed by atoms with van der Waals surface area (Å²) in [5.41, 5.74) is 0.149. The van der Waals surface area contributed by atoms with Crippen LogP contribution in [0, 0.1) is 12.3 Å². The molecule has 0 aliphatic heterocycles. The summed E-state index contributed by atoms with van der Waals surface area (Å²) in [5.74, 6) is 1.11. The van der Waals surface area contributed by atoms with Crippen LogP contribution in [-0.2, 0) is 16.6 Å². The molecule has 2 N–H and O–H groups in total. The first-order chi connectivity index (χ1) is 9.36. The van der Waals surface area contributed by atoms with Crippen molar-refractivity contribution >= 4 is 10.0 Å². The van der Waals surface area contributed by atoms with Crippen LogP contribution < -0.4 is 10.0 Å². The minimum atomic E-state index is -3.47. The van der Waals surface area contributed by atoms with Gasteiger partial charge in [0.1, 0.15) is 16.4 Å². The predicted molar refractivity (Wildman–Crippen MR) is 78.0 cm³/mol. The van der Waals surface area contributed by atoms with E-state index in [9.17, 15) is 8.42 Å². The Hall–Kier alpha value is -0.850. The summed E-state index contributed by atoms with van der Waals surface area (Å²) in [6, 6.07) is 1.62. The third-order valence-corrected chi connectivity index (χ3v) is 5.24. The molecule has 2 rings (SSSR count). The van der Waals surface area contributed by atoms with Gasteiger partial charge in [-0.15, -0.1) is 0 Å². The summed E-state index contributed by atoms with van der Waals surface area (Å²) >= 11 is 0. The Kier molecular flexibility index (Phi) is 4.56. The summed E-state index contributed by atoms with van der Waals surface area (Å²) < 4.78 is 32.8. The first-order valence-corrected chi connectivity index (χ1v) is 8.64. The van der Waals surface area contributed by atoms with Gasteiger partial charge in [-0.25, -0.2) is 13.1 Å². The maximum absolute atomic E-state index is 12.3. The molecule has 1 heterocycles. The fraction of sp³-hybridized carbons (Fsp3) is 0.714. The maximum Gasteiger partial charge on any atom is 0.244 e. The van der Waals surface area contributed by atoms with Crippen LogP contribution in [0.1, 0.15) is 44.6 Å². The highest BCUT2D eigenvalue weighted by Crippen LogP contribution is 2.44. The molecule has 0 amide bonds. The molecule has 1 aromatic rings. The van der Waals surface area contributed by atoms with Gasteiger partial charge in [0, 0.05) is 12.6 Å². The van der Waals surface area contributed by atoms with Gasteiger partial charge in [0.05, 0.1) is 6.54 Å². The van der Waals surface area contributed by atoms with E-state index in [1.54, 1.807) is 13.0 Å². The molecule has 1 aromatic heterocycles. The lowest BCUT2D eigenvalue weighted by Gasteiger charge is -2.09. The van der Waals surface area contributed by atoms with Crippen LogP contribution >= 0.6 is 0 Å². The van der Waals surface area contributed by atoms with Gasteiger partial charge >= 0.3 is 0 Å². The van der Waals surface area contributed by atoms with Crippen molar-refractivity contribution in [3.8, 4) is 0 Å². The Bertz CT molecular complexity index is 559. The molecule has 6 heteroatoms. The number of hydrogen-bond acceptors (Lipinski definition) is 4. The lowest BCUT2D eigenvalue weighted by Crippen LogP contribution is -2.29. The molecule has 20 heavy (non-hydrogen) atoms. The van der Waals surface area contributed by atoms with Gasteiger partial charge in [0.15, 0.2) is 0 Å². The Morgan fingerprint density at radius 1 is 1.40 bits per heavy atom. The fourth-order valence-electron chi connectivity index (χ4n) is 2.00. The van der Waals surface area contributed by atoms with Crippen molar-refractivity contribution in [3.63, 3.8) is 0 Å². The molecule has 1 saturated carbocycles. The lowest BCUT2D eigenvalue weighted by atomic mass is 10.2. The molecule has 5 nitrogen and oxygen atoms in total. The molecular formula is C14H24N2O3S. The van der Waals surface area contributed by atoms with Crippen molar-refractivity contribution in [1.29, 1.82) is 0 Å². The predicted octanol–water partition coefficient (Wildman–Crippen LogP) is 2.17. The summed E-state index contributed by atoms with van der Waals surface area (Å²) in [4.78, 5) is 0.259. The third-order valence-electron chi connectivity index (χ3n) is 3.73. The number of hydrogen-bond donors (Lipinski definition) is 2. The van der Waals surface area contributed by atoms with Gasteiger partial charge in [-0.3, -0.25) is 0 Å². The number of sulfonamides is 1. The molecule has 0 atom stereocenters. The second-order valence-electron chi connectivity index (χ2n) is 5.95. The van der Waals surface area contributed by atoms with E-state index in [1.807, 2.05) is 0 Å². The van der Waals surface area contributed by atoms with Crippen LogP contribution in [0.25, 0.3) is 0 Å². The average Bonchev–Trinajstić information content (AvgIpc) is 3.00. The first kappa shape index (κ1) is 15.5. The van der Waals surface area contributed by atoms with Gasteiger partial charge in [-0.05, 0) is 38.1 Å². The third kappa shape index (κ3) is 3.84. The average molecular weight is 300 g/mol. The number of aryl methyl sites for hydroxylation is 1. The van der Waals surface area contributed by atoms with Crippen LogP contribution in [0.2, 0.25) is 0 Å². The van der Waals surface area contributed by atoms with Crippen molar-refractivity contribution in [2.75, 3.05) is 13.1 Å². The normalized spacial score (nSPS) is 17.4. The highest BCUT2D eigenvalue weighted by Gasteiger charge is 2.38. The van der Waals surface area contributed by atoms with E-state index in [1.165, 1.54) is 0 Å². The Morgan fingerprint density at radius 2 is 2.10 bits per heavy atom. The first-order valence-electron chi connectivity index (χ1n) is 7.16. The number of rotatable bonds is 8. The van der Waals surface area contributed by atoms with E-state index >= 15 is 0 Å². The molecule has 0 spiro atoms. The van der Waals surface area contributed by atoms with Crippen LogP contribution in [-0.4, -0.2) is 21.5 Å². The quantitative estimate of drug-likeness (QED) is 0.722. The van der Waals surface area contributed by atoms with Gasteiger partial charge in [0.2, 0.25) is 10.0 Å². The Labute approximate surface area is 121 Å². The SMILES string of the molecule is CCCNCc1cc(S(=O)(=O)NCC2(C)CC2)c(C)o1. The summed E-state index contributed by atoms with van der Waals surface area (Å²) in [6.45, 7) is 7.82. The van der Waals surface area contributed by atoms with Crippen molar-refractivity contribution in [2.24, 2.45) is 5.41 Å². The molecule has 1 aliphatic carbocycles. The Balaban J connectivity index is 2.02. The highest BCUT2D eigenvalue weighted by atomic mass is 32.2. The minimum Gasteiger partial charge on any atom is -0.464 e. The van der Waals surface area contributed by atoms with Crippen molar-refractivity contribution < 1.29 is 12.8 Å². The standard InChI is InChI=1S/C14H24N2O3S/c1-4-7-15-9-12-8-13(11(2)19-12)20(17,18)16-10-14(3)5-6-14/h8,15-16H,4-7,9-10H2,1-3H3. The van der Waals surface area contributed by atoms with Crippen molar-refractivity contribution in [2.45, 2.75) is 51.5 Å².